The van der Waals surface area contributed by atoms with E-state index in [-0.39, 0.29) is 0 Å². The molecule has 0 radical (unpaired) electrons. The molecule has 21 heavy (non-hydrogen) atoms. The molecular formula is C14H22N6O. The predicted molar refractivity (Wildman–Crippen MR) is 76.6 cm³/mol. The Labute approximate surface area is 124 Å². The van der Waals surface area contributed by atoms with Gasteiger partial charge in [-0.25, -0.2) is 9.67 Å². The van der Waals surface area contributed by atoms with Crippen LogP contribution in [0.3, 0.4) is 0 Å². The van der Waals surface area contributed by atoms with Crippen molar-refractivity contribution in [1.82, 2.24) is 29.9 Å². The van der Waals surface area contributed by atoms with Gasteiger partial charge in [0.25, 0.3) is 0 Å². The molecule has 0 amide bonds. The molecule has 1 atom stereocenters. The number of aromatic nitrogens is 5. The largest absolute Gasteiger partial charge is 0.424 e. The molecule has 0 bridgehead atoms. The third-order valence-corrected chi connectivity index (χ3v) is 4.00. The van der Waals surface area contributed by atoms with Crippen molar-refractivity contribution in [2.24, 2.45) is 0 Å². The van der Waals surface area contributed by atoms with Gasteiger partial charge in [0.15, 0.2) is 0 Å². The average molecular weight is 290 g/mol. The first kappa shape index (κ1) is 14.2. The topological polar surface area (TPSA) is 72.9 Å². The fraction of sp³-hybridized carbons (Fsp3) is 0.714. The lowest BCUT2D eigenvalue weighted by atomic mass is 10.0. The Morgan fingerprint density at radius 1 is 1.19 bits per heavy atom. The first-order valence-electron chi connectivity index (χ1n) is 7.53. The molecule has 0 spiro atoms. The Hall–Kier alpha value is -1.76. The molecule has 7 heteroatoms. The first-order valence-corrected chi connectivity index (χ1v) is 7.53. The molecule has 0 unspecified atom stereocenters. The smallest absolute Gasteiger partial charge is 0.230 e. The molecule has 1 aliphatic heterocycles. The summed E-state index contributed by atoms with van der Waals surface area (Å²) in [7, 11) is 0. The van der Waals surface area contributed by atoms with E-state index in [9.17, 15) is 0 Å². The summed E-state index contributed by atoms with van der Waals surface area (Å²) in [5, 5.41) is 12.5. The van der Waals surface area contributed by atoms with Crippen LogP contribution in [0.25, 0.3) is 0 Å². The highest BCUT2D eigenvalue weighted by molar-refractivity contribution is 4.90. The van der Waals surface area contributed by atoms with E-state index in [2.05, 4.69) is 25.2 Å². The Morgan fingerprint density at radius 2 is 2.05 bits per heavy atom. The number of hydrogen-bond donors (Lipinski definition) is 0. The zero-order valence-electron chi connectivity index (χ0n) is 12.9. The van der Waals surface area contributed by atoms with Crippen molar-refractivity contribution < 1.29 is 4.42 Å². The van der Waals surface area contributed by atoms with E-state index in [0.717, 1.165) is 31.3 Å². The van der Waals surface area contributed by atoms with E-state index in [0.29, 0.717) is 17.8 Å². The van der Waals surface area contributed by atoms with Crippen LogP contribution >= 0.6 is 0 Å². The number of hydrogen-bond acceptors (Lipinski definition) is 6. The van der Waals surface area contributed by atoms with Crippen LogP contribution in [0.15, 0.2) is 4.42 Å². The first-order chi connectivity index (χ1) is 10.1. The van der Waals surface area contributed by atoms with E-state index in [1.165, 1.54) is 19.3 Å². The maximum Gasteiger partial charge on any atom is 0.230 e. The number of likely N-dealkylation sites (tertiary alicyclic amines) is 1. The maximum atomic E-state index is 5.51. The van der Waals surface area contributed by atoms with E-state index in [1.807, 2.05) is 25.5 Å². The summed E-state index contributed by atoms with van der Waals surface area (Å²) < 4.78 is 7.53. The van der Waals surface area contributed by atoms with Gasteiger partial charge in [-0.05, 0) is 33.2 Å². The van der Waals surface area contributed by atoms with E-state index >= 15 is 0 Å². The lowest BCUT2D eigenvalue weighted by Crippen LogP contribution is -2.42. The van der Waals surface area contributed by atoms with Crippen molar-refractivity contribution in [3.8, 4) is 0 Å². The molecule has 3 heterocycles. The van der Waals surface area contributed by atoms with E-state index in [1.54, 1.807) is 0 Å². The van der Waals surface area contributed by atoms with Gasteiger partial charge in [0.1, 0.15) is 11.6 Å². The molecule has 2 aromatic rings. The number of nitrogens with zero attached hydrogens (tertiary/aromatic N) is 6. The minimum Gasteiger partial charge on any atom is -0.424 e. The van der Waals surface area contributed by atoms with Crippen molar-refractivity contribution in [3.05, 3.63) is 23.4 Å². The third-order valence-electron chi connectivity index (χ3n) is 4.00. The Bertz CT molecular complexity index is 604. The summed E-state index contributed by atoms with van der Waals surface area (Å²) in [5.74, 6) is 3.14. The molecule has 0 saturated carbocycles. The lowest BCUT2D eigenvalue weighted by molar-refractivity contribution is 0.110. The molecule has 1 aliphatic rings. The van der Waals surface area contributed by atoms with Gasteiger partial charge in [-0.3, -0.25) is 4.90 Å². The van der Waals surface area contributed by atoms with Gasteiger partial charge in [-0.2, -0.15) is 5.10 Å². The van der Waals surface area contributed by atoms with Crippen molar-refractivity contribution in [2.45, 2.75) is 59.2 Å². The number of piperidine rings is 1. The van der Waals surface area contributed by atoms with Crippen molar-refractivity contribution in [1.29, 1.82) is 0 Å². The molecule has 3 rings (SSSR count). The molecule has 1 saturated heterocycles. The zero-order valence-corrected chi connectivity index (χ0v) is 12.9. The van der Waals surface area contributed by atoms with Gasteiger partial charge >= 0.3 is 0 Å². The Morgan fingerprint density at radius 3 is 2.71 bits per heavy atom. The Kier molecular flexibility index (Phi) is 4.01. The highest BCUT2D eigenvalue weighted by Gasteiger charge is 2.25. The van der Waals surface area contributed by atoms with E-state index < -0.39 is 0 Å². The second-order valence-electron chi connectivity index (χ2n) is 5.72. The standard InChI is InChI=1S/C14H22N6O/c1-10-15-11(2)20(18-10)8-13-6-4-5-7-19(13)9-14-17-16-12(3)21-14/h13H,4-9H2,1-3H3/t13-/m1/s1. The number of rotatable bonds is 4. The molecule has 2 aromatic heterocycles. The second-order valence-corrected chi connectivity index (χ2v) is 5.72. The summed E-state index contributed by atoms with van der Waals surface area (Å²) in [6.45, 7) is 8.43. The monoisotopic (exact) mass is 290 g/mol. The fourth-order valence-corrected chi connectivity index (χ4v) is 2.98. The molecule has 7 nitrogen and oxygen atoms in total. The van der Waals surface area contributed by atoms with Crippen molar-refractivity contribution in [2.75, 3.05) is 6.54 Å². The highest BCUT2D eigenvalue weighted by Crippen LogP contribution is 2.21. The van der Waals surface area contributed by atoms with Gasteiger partial charge in [-0.1, -0.05) is 6.42 Å². The Balaban J connectivity index is 1.70. The molecular weight excluding hydrogens is 268 g/mol. The zero-order chi connectivity index (χ0) is 14.8. The van der Waals surface area contributed by atoms with Crippen LogP contribution in [-0.4, -0.2) is 42.4 Å². The third kappa shape index (κ3) is 3.29. The normalized spacial score (nSPS) is 20.0. The predicted octanol–water partition coefficient (Wildman–Crippen LogP) is 1.64. The minimum absolute atomic E-state index is 0.450. The second kappa shape index (κ2) is 5.93. The van der Waals surface area contributed by atoms with Crippen LogP contribution in [0, 0.1) is 20.8 Å². The molecule has 0 aromatic carbocycles. The van der Waals surface area contributed by atoms with Crippen LogP contribution in [0.5, 0.6) is 0 Å². The van der Waals surface area contributed by atoms with Crippen LogP contribution in [0.2, 0.25) is 0 Å². The average Bonchev–Trinajstić information content (AvgIpc) is 2.98. The number of aryl methyl sites for hydroxylation is 3. The molecule has 114 valence electrons. The van der Waals surface area contributed by atoms with Crippen LogP contribution in [0.1, 0.15) is 42.7 Å². The molecule has 1 fully saturated rings. The molecule has 0 aliphatic carbocycles. The SMILES string of the molecule is Cc1nc(C)n(C[C@H]2CCCCN2Cc2nnc(C)o2)n1. The quantitative estimate of drug-likeness (QED) is 0.852. The van der Waals surface area contributed by atoms with Crippen LogP contribution in [0.4, 0.5) is 0 Å². The van der Waals surface area contributed by atoms with Gasteiger partial charge in [0.05, 0.1) is 13.1 Å². The molecule has 0 N–H and O–H groups in total. The summed E-state index contributed by atoms with van der Waals surface area (Å²) in [6.07, 6.45) is 3.65. The summed E-state index contributed by atoms with van der Waals surface area (Å²) in [4.78, 5) is 6.80. The summed E-state index contributed by atoms with van der Waals surface area (Å²) in [5.41, 5.74) is 0. The van der Waals surface area contributed by atoms with Crippen LogP contribution in [-0.2, 0) is 13.1 Å². The van der Waals surface area contributed by atoms with E-state index in [4.69, 9.17) is 4.42 Å². The van der Waals surface area contributed by atoms with Gasteiger partial charge in [0, 0.05) is 13.0 Å². The summed E-state index contributed by atoms with van der Waals surface area (Å²) >= 11 is 0. The van der Waals surface area contributed by atoms with Gasteiger partial charge in [0.2, 0.25) is 11.8 Å². The summed E-state index contributed by atoms with van der Waals surface area (Å²) in [6, 6.07) is 0.450. The minimum atomic E-state index is 0.450. The van der Waals surface area contributed by atoms with Gasteiger partial charge < -0.3 is 4.42 Å². The highest BCUT2D eigenvalue weighted by atomic mass is 16.4. The van der Waals surface area contributed by atoms with Gasteiger partial charge in [-0.15, -0.1) is 10.2 Å². The van der Waals surface area contributed by atoms with Crippen molar-refractivity contribution in [3.63, 3.8) is 0 Å². The van der Waals surface area contributed by atoms with Crippen LogP contribution < -0.4 is 0 Å². The fourth-order valence-electron chi connectivity index (χ4n) is 2.98. The maximum absolute atomic E-state index is 5.51. The lowest BCUT2D eigenvalue weighted by Gasteiger charge is -2.34. The van der Waals surface area contributed by atoms with Crippen molar-refractivity contribution >= 4 is 0 Å².